The summed E-state index contributed by atoms with van der Waals surface area (Å²) in [6, 6.07) is 6.05. The molecule has 2 amide bonds. The Morgan fingerprint density at radius 1 is 1.21 bits per heavy atom. The van der Waals surface area contributed by atoms with E-state index in [1.165, 1.54) is 23.7 Å². The number of amides is 2. The number of carbonyl (C=O) groups excluding carboxylic acids is 2. The van der Waals surface area contributed by atoms with Crippen LogP contribution in [0.2, 0.25) is 0 Å². The first-order valence-electron chi connectivity index (χ1n) is 9.55. The molecule has 0 saturated carbocycles. The molecule has 1 saturated heterocycles. The molecule has 0 unspecified atom stereocenters. The number of anilines is 1. The van der Waals surface area contributed by atoms with E-state index in [1.807, 2.05) is 0 Å². The lowest BCUT2D eigenvalue weighted by Gasteiger charge is -2.21. The number of ether oxygens (including phenoxy) is 1. The SMILES string of the molecule is CCOC(=O)CNC(=O)N1CCCN(c2nc(Cc3ccc(F)cc3)ns2)CC1. The van der Waals surface area contributed by atoms with Crippen molar-refractivity contribution in [1.29, 1.82) is 0 Å². The maximum absolute atomic E-state index is 13.0. The molecule has 2 heterocycles. The van der Waals surface area contributed by atoms with Gasteiger partial charge in [0.2, 0.25) is 5.13 Å². The summed E-state index contributed by atoms with van der Waals surface area (Å²) in [5.41, 5.74) is 0.955. The number of halogens is 1. The van der Waals surface area contributed by atoms with Crippen LogP contribution in [0.5, 0.6) is 0 Å². The van der Waals surface area contributed by atoms with Crippen LogP contribution < -0.4 is 10.2 Å². The number of hydrogen-bond donors (Lipinski definition) is 1. The van der Waals surface area contributed by atoms with Crippen LogP contribution in [0.25, 0.3) is 0 Å². The Hall–Kier alpha value is -2.75. The second kappa shape index (κ2) is 10.1. The van der Waals surface area contributed by atoms with E-state index in [2.05, 4.69) is 19.6 Å². The number of benzene rings is 1. The van der Waals surface area contributed by atoms with Gasteiger partial charge in [-0.2, -0.15) is 4.37 Å². The van der Waals surface area contributed by atoms with Crippen molar-refractivity contribution < 1.29 is 18.7 Å². The Labute approximate surface area is 172 Å². The number of urea groups is 1. The second-order valence-electron chi connectivity index (χ2n) is 6.59. The number of nitrogens with one attached hydrogen (secondary N) is 1. The van der Waals surface area contributed by atoms with E-state index in [0.29, 0.717) is 38.5 Å². The summed E-state index contributed by atoms with van der Waals surface area (Å²) < 4.78 is 22.3. The third-order valence-electron chi connectivity index (χ3n) is 4.48. The maximum atomic E-state index is 13.0. The van der Waals surface area contributed by atoms with Crippen molar-refractivity contribution >= 4 is 28.7 Å². The monoisotopic (exact) mass is 421 g/mol. The summed E-state index contributed by atoms with van der Waals surface area (Å²) in [6.45, 7) is 4.43. The smallest absolute Gasteiger partial charge is 0.325 e. The van der Waals surface area contributed by atoms with Gasteiger partial charge in [0.05, 0.1) is 6.61 Å². The number of carbonyl (C=O) groups is 2. The Bertz CT molecular complexity index is 830. The minimum atomic E-state index is -0.445. The molecule has 8 nitrogen and oxygen atoms in total. The van der Waals surface area contributed by atoms with Crippen molar-refractivity contribution in [2.45, 2.75) is 19.8 Å². The van der Waals surface area contributed by atoms with Gasteiger partial charge in [-0.15, -0.1) is 0 Å². The molecule has 0 aliphatic carbocycles. The molecule has 0 atom stereocenters. The average Bonchev–Trinajstić information content (AvgIpc) is 3.03. The van der Waals surface area contributed by atoms with Crippen molar-refractivity contribution in [3.05, 3.63) is 41.5 Å². The molecule has 2 aromatic rings. The Morgan fingerprint density at radius 3 is 2.76 bits per heavy atom. The zero-order chi connectivity index (χ0) is 20.6. The summed E-state index contributed by atoms with van der Waals surface area (Å²) >= 11 is 1.33. The van der Waals surface area contributed by atoms with E-state index in [0.717, 1.165) is 23.7 Å². The fourth-order valence-electron chi connectivity index (χ4n) is 3.01. The average molecular weight is 421 g/mol. The van der Waals surface area contributed by atoms with E-state index < -0.39 is 5.97 Å². The van der Waals surface area contributed by atoms with Crippen molar-refractivity contribution in [2.75, 3.05) is 44.2 Å². The largest absolute Gasteiger partial charge is 0.465 e. The van der Waals surface area contributed by atoms with Gasteiger partial charge in [-0.1, -0.05) is 12.1 Å². The van der Waals surface area contributed by atoms with Gasteiger partial charge in [0, 0.05) is 44.1 Å². The highest BCUT2D eigenvalue weighted by molar-refractivity contribution is 7.09. The van der Waals surface area contributed by atoms with Crippen LogP contribution in [0.15, 0.2) is 24.3 Å². The predicted molar refractivity (Wildman–Crippen MR) is 108 cm³/mol. The zero-order valence-corrected chi connectivity index (χ0v) is 17.1. The van der Waals surface area contributed by atoms with Crippen LogP contribution in [-0.2, 0) is 16.0 Å². The first-order valence-corrected chi connectivity index (χ1v) is 10.3. The van der Waals surface area contributed by atoms with Crippen LogP contribution in [0, 0.1) is 5.82 Å². The van der Waals surface area contributed by atoms with Gasteiger partial charge in [-0.3, -0.25) is 4.79 Å². The molecule has 1 fully saturated rings. The lowest BCUT2D eigenvalue weighted by molar-refractivity contribution is -0.141. The molecule has 156 valence electrons. The van der Waals surface area contributed by atoms with Crippen LogP contribution in [0.1, 0.15) is 24.7 Å². The van der Waals surface area contributed by atoms with Crippen molar-refractivity contribution in [2.24, 2.45) is 0 Å². The highest BCUT2D eigenvalue weighted by Gasteiger charge is 2.21. The Morgan fingerprint density at radius 2 is 2.00 bits per heavy atom. The molecule has 0 radical (unpaired) electrons. The van der Waals surface area contributed by atoms with Gasteiger partial charge in [-0.25, -0.2) is 14.2 Å². The number of esters is 1. The third kappa shape index (κ3) is 6.11. The van der Waals surface area contributed by atoms with Gasteiger partial charge >= 0.3 is 12.0 Å². The first kappa shape index (κ1) is 21.0. The van der Waals surface area contributed by atoms with Crippen molar-refractivity contribution in [1.82, 2.24) is 19.6 Å². The second-order valence-corrected chi connectivity index (χ2v) is 7.32. The predicted octanol–water partition coefficient (Wildman–Crippen LogP) is 2.05. The van der Waals surface area contributed by atoms with E-state index in [1.54, 1.807) is 24.0 Å². The van der Waals surface area contributed by atoms with Crippen molar-refractivity contribution in [3.63, 3.8) is 0 Å². The maximum Gasteiger partial charge on any atom is 0.325 e. The van der Waals surface area contributed by atoms with E-state index in [-0.39, 0.29) is 18.4 Å². The standard InChI is InChI=1S/C19H24FN5O3S/c1-2-28-17(26)13-21-18(27)24-8-3-9-25(11-10-24)19-22-16(23-29-19)12-14-4-6-15(20)7-5-14/h4-7H,2-3,8-13H2,1H3,(H,21,27). The van der Waals surface area contributed by atoms with Gasteiger partial charge in [0.15, 0.2) is 0 Å². The summed E-state index contributed by atoms with van der Waals surface area (Å²) in [6.07, 6.45) is 1.34. The Balaban J connectivity index is 1.51. The molecule has 1 N–H and O–H groups in total. The van der Waals surface area contributed by atoms with E-state index >= 15 is 0 Å². The van der Waals surface area contributed by atoms with Crippen LogP contribution in [0.3, 0.4) is 0 Å². The first-order chi connectivity index (χ1) is 14.0. The third-order valence-corrected chi connectivity index (χ3v) is 5.29. The number of hydrogen-bond acceptors (Lipinski definition) is 7. The summed E-state index contributed by atoms with van der Waals surface area (Å²) in [4.78, 5) is 32.1. The summed E-state index contributed by atoms with van der Waals surface area (Å²) in [5, 5.41) is 3.41. The van der Waals surface area contributed by atoms with E-state index in [4.69, 9.17) is 4.74 Å². The highest BCUT2D eigenvalue weighted by atomic mass is 32.1. The van der Waals surface area contributed by atoms with E-state index in [9.17, 15) is 14.0 Å². The fraction of sp³-hybridized carbons (Fsp3) is 0.474. The molecule has 29 heavy (non-hydrogen) atoms. The van der Waals surface area contributed by atoms with Crippen molar-refractivity contribution in [3.8, 4) is 0 Å². The summed E-state index contributed by atoms with van der Waals surface area (Å²) in [5.74, 6) is -0.00850. The van der Waals surface area contributed by atoms with Gasteiger partial charge in [0.1, 0.15) is 18.2 Å². The highest BCUT2D eigenvalue weighted by Crippen LogP contribution is 2.20. The van der Waals surface area contributed by atoms with Crippen LogP contribution in [-0.4, -0.2) is 65.6 Å². The fourth-order valence-corrected chi connectivity index (χ4v) is 3.75. The van der Waals surface area contributed by atoms with Gasteiger partial charge in [-0.05, 0) is 31.0 Å². The quantitative estimate of drug-likeness (QED) is 0.719. The molecular formula is C19H24FN5O3S. The van der Waals surface area contributed by atoms with Gasteiger partial charge in [0.25, 0.3) is 0 Å². The molecular weight excluding hydrogens is 397 g/mol. The van der Waals surface area contributed by atoms with Crippen LogP contribution in [0.4, 0.5) is 14.3 Å². The molecule has 3 rings (SSSR count). The molecule has 0 bridgehead atoms. The topological polar surface area (TPSA) is 87.7 Å². The number of nitrogens with zero attached hydrogens (tertiary/aromatic N) is 4. The zero-order valence-electron chi connectivity index (χ0n) is 16.3. The van der Waals surface area contributed by atoms with Gasteiger partial charge < -0.3 is 19.9 Å². The minimum absolute atomic E-state index is 0.129. The molecule has 0 spiro atoms. The molecule has 10 heteroatoms. The molecule has 1 aromatic carbocycles. The van der Waals surface area contributed by atoms with Crippen LogP contribution >= 0.6 is 11.5 Å². The normalized spacial score (nSPS) is 14.4. The lowest BCUT2D eigenvalue weighted by Crippen LogP contribution is -2.44. The summed E-state index contributed by atoms with van der Waals surface area (Å²) in [7, 11) is 0. The Kier molecular flexibility index (Phi) is 7.34. The number of rotatable bonds is 6. The molecule has 1 aliphatic heterocycles. The minimum Gasteiger partial charge on any atom is -0.465 e. The molecule has 1 aliphatic rings. The molecule has 1 aromatic heterocycles. The lowest BCUT2D eigenvalue weighted by atomic mass is 10.1. The number of aromatic nitrogens is 2.